The Morgan fingerprint density at radius 3 is 2.52 bits per heavy atom. The zero-order valence-electron chi connectivity index (χ0n) is 16.0. The molecule has 4 heteroatoms. The summed E-state index contributed by atoms with van der Waals surface area (Å²) in [6, 6.07) is 19.9. The molecular weight excluding hydrogens is 336 g/mol. The van der Waals surface area contributed by atoms with Crippen molar-refractivity contribution in [1.82, 2.24) is 4.90 Å². The highest BCUT2D eigenvalue weighted by Crippen LogP contribution is 2.19. The van der Waals surface area contributed by atoms with Crippen molar-refractivity contribution < 1.29 is 9.59 Å². The summed E-state index contributed by atoms with van der Waals surface area (Å²) in [6.07, 6.45) is 0.272. The lowest BCUT2D eigenvalue weighted by atomic mass is 10.0. The van der Waals surface area contributed by atoms with E-state index in [-0.39, 0.29) is 24.8 Å². The van der Waals surface area contributed by atoms with Gasteiger partial charge in [-0.15, -0.1) is 0 Å². The third-order valence-electron chi connectivity index (χ3n) is 4.70. The van der Waals surface area contributed by atoms with Crippen LogP contribution in [0, 0.1) is 13.8 Å². The predicted molar refractivity (Wildman–Crippen MR) is 110 cm³/mol. The maximum absolute atomic E-state index is 12.6. The van der Waals surface area contributed by atoms with E-state index >= 15 is 0 Å². The molecule has 0 unspecified atom stereocenters. The Bertz CT molecular complexity index is 989. The van der Waals surface area contributed by atoms with Gasteiger partial charge in [0.15, 0.2) is 0 Å². The fraction of sp³-hybridized carbons (Fsp3) is 0.217. The van der Waals surface area contributed by atoms with Crippen molar-refractivity contribution in [3.63, 3.8) is 0 Å². The van der Waals surface area contributed by atoms with Crippen LogP contribution in [0.15, 0.2) is 60.7 Å². The standard InChI is InChI=1S/C23H24N2O2/c1-16-11-12-17(2)21(13-16)24-22(26)15-25(3)23(27)14-19-9-6-8-18-7-4-5-10-20(18)19/h4-13H,14-15H2,1-3H3,(H,24,26). The molecule has 4 nitrogen and oxygen atoms in total. The number of nitrogens with one attached hydrogen (secondary N) is 1. The number of rotatable bonds is 5. The molecule has 138 valence electrons. The van der Waals surface area contributed by atoms with Gasteiger partial charge in [0, 0.05) is 12.7 Å². The first kappa shape index (κ1) is 18.6. The summed E-state index contributed by atoms with van der Waals surface area (Å²) in [5.41, 5.74) is 3.84. The first-order chi connectivity index (χ1) is 12.9. The van der Waals surface area contributed by atoms with E-state index in [9.17, 15) is 9.59 Å². The van der Waals surface area contributed by atoms with Crippen molar-refractivity contribution in [2.75, 3.05) is 18.9 Å². The molecule has 0 spiro atoms. The van der Waals surface area contributed by atoms with Crippen LogP contribution in [0.2, 0.25) is 0 Å². The number of nitrogens with zero attached hydrogens (tertiary/aromatic N) is 1. The molecular formula is C23H24N2O2. The average molecular weight is 360 g/mol. The Morgan fingerprint density at radius 2 is 1.70 bits per heavy atom. The Hall–Kier alpha value is -3.14. The molecule has 3 aromatic carbocycles. The summed E-state index contributed by atoms with van der Waals surface area (Å²) in [5, 5.41) is 5.08. The van der Waals surface area contributed by atoms with Gasteiger partial charge in [-0.2, -0.15) is 0 Å². The summed E-state index contributed by atoms with van der Waals surface area (Å²) < 4.78 is 0. The zero-order chi connectivity index (χ0) is 19.4. The molecule has 0 bridgehead atoms. The van der Waals surface area contributed by atoms with Gasteiger partial charge < -0.3 is 10.2 Å². The molecule has 0 fully saturated rings. The van der Waals surface area contributed by atoms with E-state index in [0.717, 1.165) is 33.2 Å². The summed E-state index contributed by atoms with van der Waals surface area (Å²) in [5.74, 6) is -0.278. The van der Waals surface area contributed by atoms with Crippen molar-refractivity contribution in [1.29, 1.82) is 0 Å². The quantitative estimate of drug-likeness (QED) is 0.745. The van der Waals surface area contributed by atoms with E-state index in [1.807, 2.05) is 74.5 Å². The molecule has 0 aliphatic heterocycles. The van der Waals surface area contributed by atoms with Crippen LogP contribution in [-0.4, -0.2) is 30.3 Å². The molecule has 0 saturated carbocycles. The van der Waals surface area contributed by atoms with E-state index < -0.39 is 0 Å². The van der Waals surface area contributed by atoms with Crippen LogP contribution in [0.4, 0.5) is 5.69 Å². The SMILES string of the molecule is Cc1ccc(C)c(NC(=O)CN(C)C(=O)Cc2cccc3ccccc23)c1. The van der Waals surface area contributed by atoms with Crippen LogP contribution in [0.3, 0.4) is 0 Å². The normalized spacial score (nSPS) is 10.6. The predicted octanol–water partition coefficient (Wildman–Crippen LogP) is 4.10. The van der Waals surface area contributed by atoms with E-state index in [0.29, 0.717) is 0 Å². The summed E-state index contributed by atoms with van der Waals surface area (Å²) in [4.78, 5) is 26.4. The molecule has 0 saturated heterocycles. The number of amides is 2. The second kappa shape index (κ2) is 8.04. The van der Waals surface area contributed by atoms with Crippen molar-refractivity contribution in [3.05, 3.63) is 77.4 Å². The number of aryl methyl sites for hydroxylation is 2. The largest absolute Gasteiger partial charge is 0.336 e. The average Bonchev–Trinajstić information content (AvgIpc) is 2.65. The molecule has 0 aliphatic rings. The molecule has 1 N–H and O–H groups in total. The van der Waals surface area contributed by atoms with Gasteiger partial charge in [-0.1, -0.05) is 54.6 Å². The second-order valence-electron chi connectivity index (χ2n) is 6.93. The highest BCUT2D eigenvalue weighted by atomic mass is 16.2. The van der Waals surface area contributed by atoms with Gasteiger partial charge in [-0.25, -0.2) is 0 Å². The summed E-state index contributed by atoms with van der Waals surface area (Å²) >= 11 is 0. The number of hydrogen-bond acceptors (Lipinski definition) is 2. The monoisotopic (exact) mass is 360 g/mol. The van der Waals surface area contributed by atoms with Crippen LogP contribution in [0.1, 0.15) is 16.7 Å². The van der Waals surface area contributed by atoms with Crippen molar-refractivity contribution >= 4 is 28.3 Å². The zero-order valence-corrected chi connectivity index (χ0v) is 16.0. The van der Waals surface area contributed by atoms with Crippen LogP contribution >= 0.6 is 0 Å². The van der Waals surface area contributed by atoms with E-state index in [1.165, 1.54) is 4.90 Å². The lowest BCUT2D eigenvalue weighted by molar-refractivity contribution is -0.132. The number of anilines is 1. The van der Waals surface area contributed by atoms with Gasteiger partial charge in [0.05, 0.1) is 13.0 Å². The minimum atomic E-state index is -0.197. The minimum Gasteiger partial charge on any atom is -0.336 e. The van der Waals surface area contributed by atoms with Crippen LogP contribution in [0.25, 0.3) is 10.8 Å². The maximum Gasteiger partial charge on any atom is 0.243 e. The number of carbonyl (C=O) groups is 2. The van der Waals surface area contributed by atoms with Crippen molar-refractivity contribution in [2.24, 2.45) is 0 Å². The molecule has 0 radical (unpaired) electrons. The molecule has 2 amide bonds. The fourth-order valence-corrected chi connectivity index (χ4v) is 3.11. The highest BCUT2D eigenvalue weighted by Gasteiger charge is 2.15. The molecule has 3 rings (SSSR count). The lowest BCUT2D eigenvalue weighted by Gasteiger charge is -2.18. The number of benzene rings is 3. The highest BCUT2D eigenvalue weighted by molar-refractivity contribution is 5.96. The molecule has 3 aromatic rings. The fourth-order valence-electron chi connectivity index (χ4n) is 3.11. The Labute approximate surface area is 159 Å². The molecule has 0 aromatic heterocycles. The summed E-state index contributed by atoms with van der Waals surface area (Å²) in [6.45, 7) is 3.95. The van der Waals surface area contributed by atoms with Gasteiger partial charge in [0.2, 0.25) is 11.8 Å². The number of hydrogen-bond donors (Lipinski definition) is 1. The summed E-state index contributed by atoms with van der Waals surface area (Å²) in [7, 11) is 1.66. The van der Waals surface area contributed by atoms with E-state index in [2.05, 4.69) is 5.32 Å². The van der Waals surface area contributed by atoms with Gasteiger partial charge in [0.1, 0.15) is 0 Å². The first-order valence-electron chi connectivity index (χ1n) is 9.02. The molecule has 0 aliphatic carbocycles. The lowest BCUT2D eigenvalue weighted by Crippen LogP contribution is -2.36. The second-order valence-corrected chi connectivity index (χ2v) is 6.93. The van der Waals surface area contributed by atoms with Gasteiger partial charge in [-0.05, 0) is 47.4 Å². The van der Waals surface area contributed by atoms with Crippen LogP contribution < -0.4 is 5.32 Å². The Kier molecular flexibility index (Phi) is 5.55. The van der Waals surface area contributed by atoms with Gasteiger partial charge in [-0.3, -0.25) is 9.59 Å². The Balaban J connectivity index is 1.65. The number of carbonyl (C=O) groups excluding carboxylic acids is 2. The molecule has 27 heavy (non-hydrogen) atoms. The topological polar surface area (TPSA) is 49.4 Å². The Morgan fingerprint density at radius 1 is 0.963 bits per heavy atom. The molecule has 0 heterocycles. The maximum atomic E-state index is 12.6. The van der Waals surface area contributed by atoms with Crippen LogP contribution in [0.5, 0.6) is 0 Å². The third-order valence-corrected chi connectivity index (χ3v) is 4.70. The van der Waals surface area contributed by atoms with Gasteiger partial charge >= 0.3 is 0 Å². The van der Waals surface area contributed by atoms with E-state index in [1.54, 1.807) is 7.05 Å². The number of fused-ring (bicyclic) bond motifs is 1. The van der Waals surface area contributed by atoms with Gasteiger partial charge in [0.25, 0.3) is 0 Å². The smallest absolute Gasteiger partial charge is 0.243 e. The van der Waals surface area contributed by atoms with Crippen LogP contribution in [-0.2, 0) is 16.0 Å². The third kappa shape index (κ3) is 4.53. The molecule has 0 atom stereocenters. The van der Waals surface area contributed by atoms with Crippen molar-refractivity contribution in [2.45, 2.75) is 20.3 Å². The van der Waals surface area contributed by atoms with Crippen molar-refractivity contribution in [3.8, 4) is 0 Å². The number of likely N-dealkylation sites (N-methyl/N-ethyl adjacent to an activating group) is 1. The minimum absolute atomic E-state index is 0.0248. The first-order valence-corrected chi connectivity index (χ1v) is 9.02. The van der Waals surface area contributed by atoms with E-state index in [4.69, 9.17) is 0 Å².